The summed E-state index contributed by atoms with van der Waals surface area (Å²) in [7, 11) is 1.74. The molecule has 0 aromatic heterocycles. The molecule has 2 aromatic carbocycles. The third-order valence-electron chi connectivity index (χ3n) is 3.27. The Morgan fingerprint density at radius 2 is 1.72 bits per heavy atom. The summed E-state index contributed by atoms with van der Waals surface area (Å²) < 4.78 is 6.43. The number of methoxy groups -OCH3 is 1. The largest absolute Gasteiger partial charge is 0.380 e. The minimum atomic E-state index is 0.186. The molecule has 0 fully saturated rings. The number of benzene rings is 2. The third kappa shape index (κ3) is 3.03. The van der Waals surface area contributed by atoms with Gasteiger partial charge in [-0.05, 0) is 48.9 Å². The summed E-state index contributed by atoms with van der Waals surface area (Å²) in [5.74, 6) is 0. The fraction of sp³-hybridized carbons (Fsp3) is 0.333. The number of fused-ring (bicyclic) bond motifs is 1. The van der Waals surface area contributed by atoms with E-state index in [1.54, 1.807) is 7.11 Å². The maximum absolute atomic E-state index is 5.32. The van der Waals surface area contributed by atoms with E-state index in [1.165, 1.54) is 10.8 Å². The summed E-state index contributed by atoms with van der Waals surface area (Å²) in [6, 6.07) is 13.0. The van der Waals surface area contributed by atoms with E-state index in [2.05, 4.69) is 71.5 Å². The van der Waals surface area contributed by atoms with Crippen molar-refractivity contribution in [1.29, 1.82) is 0 Å². The second kappa shape index (κ2) is 5.72. The van der Waals surface area contributed by atoms with Crippen LogP contribution < -0.4 is 5.32 Å². The topological polar surface area (TPSA) is 21.3 Å². The molecule has 3 heteroatoms. The lowest BCUT2D eigenvalue weighted by Crippen LogP contribution is -2.29. The predicted octanol–water partition coefficient (Wildman–Crippen LogP) is 4.44. The first kappa shape index (κ1) is 13.4. The summed E-state index contributed by atoms with van der Waals surface area (Å²) in [6.45, 7) is 4.19. The van der Waals surface area contributed by atoms with Gasteiger partial charge in [-0.15, -0.1) is 0 Å². The van der Waals surface area contributed by atoms with E-state index < -0.39 is 0 Å². The summed E-state index contributed by atoms with van der Waals surface area (Å²) in [6.07, 6.45) is 0.186. The van der Waals surface area contributed by atoms with Crippen LogP contribution in [0.25, 0.3) is 10.8 Å². The Labute approximate surface area is 116 Å². The number of hydrogen-bond donors (Lipinski definition) is 1. The molecule has 0 saturated carbocycles. The Bertz CT molecular complexity index is 541. The molecule has 2 aromatic rings. The lowest BCUT2D eigenvalue weighted by Gasteiger charge is -2.21. The fourth-order valence-corrected chi connectivity index (χ4v) is 2.27. The van der Waals surface area contributed by atoms with Crippen molar-refractivity contribution in [3.8, 4) is 0 Å². The Morgan fingerprint density at radius 1 is 1.06 bits per heavy atom. The second-order valence-electron chi connectivity index (χ2n) is 4.58. The zero-order valence-corrected chi connectivity index (χ0v) is 12.5. The number of halogens is 1. The SMILES string of the molecule is COC(C)C(C)Nc1ccc2cc(Br)ccc2c1. The van der Waals surface area contributed by atoms with Crippen LogP contribution in [0.2, 0.25) is 0 Å². The quantitative estimate of drug-likeness (QED) is 0.901. The van der Waals surface area contributed by atoms with Gasteiger partial charge in [-0.1, -0.05) is 28.1 Å². The smallest absolute Gasteiger partial charge is 0.0741 e. The molecule has 0 bridgehead atoms. The van der Waals surface area contributed by atoms with Crippen molar-refractivity contribution in [2.45, 2.75) is 26.0 Å². The van der Waals surface area contributed by atoms with Gasteiger partial charge in [0.2, 0.25) is 0 Å². The van der Waals surface area contributed by atoms with Crippen molar-refractivity contribution in [1.82, 2.24) is 0 Å². The maximum Gasteiger partial charge on any atom is 0.0741 e. The molecule has 2 rings (SSSR count). The van der Waals surface area contributed by atoms with Gasteiger partial charge in [0.25, 0.3) is 0 Å². The van der Waals surface area contributed by atoms with Crippen molar-refractivity contribution >= 4 is 32.4 Å². The molecular weight excluding hydrogens is 290 g/mol. The molecule has 1 N–H and O–H groups in total. The standard InChI is InChI=1S/C15H18BrNO/c1-10(11(2)18-3)17-15-7-5-12-8-14(16)6-4-13(12)9-15/h4-11,17H,1-3H3. The maximum atomic E-state index is 5.32. The fourth-order valence-electron chi connectivity index (χ4n) is 1.89. The molecule has 0 saturated heterocycles. The zero-order valence-electron chi connectivity index (χ0n) is 10.9. The van der Waals surface area contributed by atoms with Crippen LogP contribution in [0.4, 0.5) is 5.69 Å². The number of rotatable bonds is 4. The number of ether oxygens (including phenoxy) is 1. The van der Waals surface area contributed by atoms with E-state index >= 15 is 0 Å². The normalized spacial score (nSPS) is 14.4. The lowest BCUT2D eigenvalue weighted by atomic mass is 10.1. The molecule has 0 spiro atoms. The Hall–Kier alpha value is -1.06. The molecule has 2 atom stereocenters. The van der Waals surface area contributed by atoms with Crippen LogP contribution >= 0.6 is 15.9 Å². The summed E-state index contributed by atoms with van der Waals surface area (Å²) >= 11 is 3.49. The van der Waals surface area contributed by atoms with E-state index in [9.17, 15) is 0 Å². The van der Waals surface area contributed by atoms with Crippen LogP contribution in [0.3, 0.4) is 0 Å². The monoisotopic (exact) mass is 307 g/mol. The van der Waals surface area contributed by atoms with Crippen LogP contribution in [0.1, 0.15) is 13.8 Å². The number of anilines is 1. The molecule has 18 heavy (non-hydrogen) atoms. The Kier molecular flexibility index (Phi) is 4.25. The van der Waals surface area contributed by atoms with E-state index in [-0.39, 0.29) is 12.1 Å². The molecule has 0 amide bonds. The highest BCUT2D eigenvalue weighted by atomic mass is 79.9. The first-order valence-electron chi connectivity index (χ1n) is 6.09. The van der Waals surface area contributed by atoms with Gasteiger partial charge in [0.15, 0.2) is 0 Å². The van der Waals surface area contributed by atoms with Crippen molar-refractivity contribution < 1.29 is 4.74 Å². The van der Waals surface area contributed by atoms with Crippen LogP contribution in [0.5, 0.6) is 0 Å². The number of hydrogen-bond acceptors (Lipinski definition) is 2. The van der Waals surface area contributed by atoms with Gasteiger partial charge in [0.05, 0.1) is 6.10 Å². The first-order valence-corrected chi connectivity index (χ1v) is 6.88. The molecule has 96 valence electrons. The van der Waals surface area contributed by atoms with Crippen molar-refractivity contribution in [3.63, 3.8) is 0 Å². The minimum Gasteiger partial charge on any atom is -0.380 e. The van der Waals surface area contributed by atoms with Gasteiger partial charge in [-0.25, -0.2) is 0 Å². The predicted molar refractivity (Wildman–Crippen MR) is 81.2 cm³/mol. The van der Waals surface area contributed by atoms with Gasteiger partial charge in [0, 0.05) is 23.3 Å². The molecule has 0 radical (unpaired) electrons. The van der Waals surface area contributed by atoms with Crippen LogP contribution in [-0.2, 0) is 4.74 Å². The first-order chi connectivity index (χ1) is 8.60. The lowest BCUT2D eigenvalue weighted by molar-refractivity contribution is 0.106. The minimum absolute atomic E-state index is 0.186. The average molecular weight is 308 g/mol. The third-order valence-corrected chi connectivity index (χ3v) is 3.77. The molecule has 0 aliphatic heterocycles. The molecule has 0 aliphatic carbocycles. The highest BCUT2D eigenvalue weighted by Gasteiger charge is 2.10. The van der Waals surface area contributed by atoms with Gasteiger partial charge < -0.3 is 10.1 Å². The van der Waals surface area contributed by atoms with E-state index in [4.69, 9.17) is 4.74 Å². The van der Waals surface area contributed by atoms with E-state index in [0.29, 0.717) is 0 Å². The molecular formula is C15H18BrNO. The van der Waals surface area contributed by atoms with Crippen molar-refractivity contribution in [2.24, 2.45) is 0 Å². The van der Waals surface area contributed by atoms with Crippen LogP contribution in [0.15, 0.2) is 40.9 Å². The number of nitrogens with one attached hydrogen (secondary N) is 1. The average Bonchev–Trinajstić information content (AvgIpc) is 2.38. The Morgan fingerprint density at radius 3 is 2.44 bits per heavy atom. The highest BCUT2D eigenvalue weighted by Crippen LogP contribution is 2.23. The second-order valence-corrected chi connectivity index (χ2v) is 5.50. The van der Waals surface area contributed by atoms with E-state index in [0.717, 1.165) is 10.2 Å². The Balaban J connectivity index is 2.22. The van der Waals surface area contributed by atoms with Gasteiger partial charge in [-0.3, -0.25) is 0 Å². The van der Waals surface area contributed by atoms with Gasteiger partial charge >= 0.3 is 0 Å². The molecule has 0 aliphatic rings. The summed E-state index contributed by atoms with van der Waals surface area (Å²) in [4.78, 5) is 0. The van der Waals surface area contributed by atoms with Crippen LogP contribution in [-0.4, -0.2) is 19.3 Å². The molecule has 2 nitrogen and oxygen atoms in total. The van der Waals surface area contributed by atoms with Gasteiger partial charge in [-0.2, -0.15) is 0 Å². The van der Waals surface area contributed by atoms with Crippen molar-refractivity contribution in [3.05, 3.63) is 40.9 Å². The molecule has 2 unspecified atom stereocenters. The summed E-state index contributed by atoms with van der Waals surface area (Å²) in [5, 5.41) is 5.94. The van der Waals surface area contributed by atoms with Gasteiger partial charge in [0.1, 0.15) is 0 Å². The highest BCUT2D eigenvalue weighted by molar-refractivity contribution is 9.10. The van der Waals surface area contributed by atoms with E-state index in [1.807, 2.05) is 0 Å². The summed E-state index contributed by atoms with van der Waals surface area (Å²) in [5.41, 5.74) is 1.13. The van der Waals surface area contributed by atoms with Crippen LogP contribution in [0, 0.1) is 0 Å². The van der Waals surface area contributed by atoms with Crippen molar-refractivity contribution in [2.75, 3.05) is 12.4 Å². The molecule has 0 heterocycles. The zero-order chi connectivity index (χ0) is 13.1.